The van der Waals surface area contributed by atoms with Gasteiger partial charge in [0.15, 0.2) is 6.10 Å². The van der Waals surface area contributed by atoms with E-state index in [-0.39, 0.29) is 36.1 Å². The van der Waals surface area contributed by atoms with E-state index in [0.717, 1.165) is 88.1 Å². The number of benzene rings is 2. The molecule has 0 unspecified atom stereocenters. The molecule has 2 aromatic carbocycles. The number of fused-ring (bicyclic) bond motifs is 1. The molecule has 0 bridgehead atoms. The van der Waals surface area contributed by atoms with Crippen LogP contribution in [0.2, 0.25) is 0 Å². The molecule has 13 nitrogen and oxygen atoms in total. The van der Waals surface area contributed by atoms with E-state index in [1.165, 1.54) is 12.8 Å². The van der Waals surface area contributed by atoms with E-state index in [1.54, 1.807) is 4.90 Å². The van der Waals surface area contributed by atoms with Crippen LogP contribution in [0, 0.1) is 13.8 Å². The molecule has 3 fully saturated rings. The second-order valence-electron chi connectivity index (χ2n) is 16.7. The Bertz CT molecular complexity index is 1670. The van der Waals surface area contributed by atoms with Crippen LogP contribution in [0.5, 0.6) is 5.75 Å². The lowest BCUT2D eigenvalue weighted by atomic mass is 10.00. The van der Waals surface area contributed by atoms with Gasteiger partial charge in [-0.15, -0.1) is 0 Å². The number of likely N-dealkylation sites (tertiary alicyclic amines) is 2. The smallest absolute Gasteiger partial charge is 0.410 e. The largest absolute Gasteiger partial charge is 0.507 e. The number of amides is 4. The second-order valence-corrected chi connectivity index (χ2v) is 16.7. The van der Waals surface area contributed by atoms with Crippen LogP contribution in [0.3, 0.4) is 0 Å². The average molecular weight is 803 g/mol. The quantitative estimate of drug-likeness (QED) is 0.161. The number of piperidine rings is 2. The Morgan fingerprint density at radius 1 is 0.828 bits per heavy atom. The van der Waals surface area contributed by atoms with Gasteiger partial charge in [0.05, 0.1) is 6.61 Å². The lowest BCUT2D eigenvalue weighted by molar-refractivity contribution is -0.144. The number of hydrogen-bond donors (Lipinski definition) is 2. The Labute approximate surface area is 345 Å². The van der Waals surface area contributed by atoms with E-state index in [0.29, 0.717) is 75.8 Å². The Hall–Kier alpha value is -4.36. The van der Waals surface area contributed by atoms with Gasteiger partial charge in [-0.1, -0.05) is 56.5 Å². The minimum atomic E-state index is -1.00. The van der Waals surface area contributed by atoms with Crippen LogP contribution in [0.4, 0.5) is 15.3 Å². The zero-order valence-electron chi connectivity index (χ0n) is 35.1. The van der Waals surface area contributed by atoms with Crippen LogP contribution >= 0.6 is 0 Å². The summed E-state index contributed by atoms with van der Waals surface area (Å²) in [6.45, 7) is 13.4. The molecular weight excluding hydrogens is 737 g/mol. The summed E-state index contributed by atoms with van der Waals surface area (Å²) in [5, 5.41) is 13.5. The fourth-order valence-corrected chi connectivity index (χ4v) is 9.10. The molecule has 0 aliphatic carbocycles. The third kappa shape index (κ3) is 11.6. The van der Waals surface area contributed by atoms with Crippen LogP contribution in [0.15, 0.2) is 36.4 Å². The van der Waals surface area contributed by atoms with Gasteiger partial charge >= 0.3 is 18.1 Å². The van der Waals surface area contributed by atoms with E-state index in [4.69, 9.17) is 9.47 Å². The maximum absolute atomic E-state index is 14.2. The summed E-state index contributed by atoms with van der Waals surface area (Å²) in [5.41, 5.74) is 4.23. The number of carbonyl (C=O) groups excluding carboxylic acids is 4. The summed E-state index contributed by atoms with van der Waals surface area (Å²) >= 11 is 0. The molecule has 0 aromatic heterocycles. The summed E-state index contributed by atoms with van der Waals surface area (Å²) in [7, 11) is 0. The highest BCUT2D eigenvalue weighted by atomic mass is 16.6. The van der Waals surface area contributed by atoms with Crippen LogP contribution < -0.4 is 5.32 Å². The van der Waals surface area contributed by atoms with Crippen molar-refractivity contribution in [3.8, 4) is 5.75 Å². The Morgan fingerprint density at radius 3 is 2.22 bits per heavy atom. The molecule has 13 heteroatoms. The van der Waals surface area contributed by atoms with Crippen molar-refractivity contribution in [2.75, 3.05) is 77.4 Å². The van der Waals surface area contributed by atoms with Crippen molar-refractivity contribution in [2.24, 2.45) is 0 Å². The number of aryl methyl sites for hydroxylation is 2. The lowest BCUT2D eigenvalue weighted by Gasteiger charge is -2.43. The highest BCUT2D eigenvalue weighted by molar-refractivity contribution is 5.91. The van der Waals surface area contributed by atoms with Gasteiger partial charge in [0.1, 0.15) is 5.75 Å². The fourth-order valence-electron chi connectivity index (χ4n) is 9.10. The van der Waals surface area contributed by atoms with E-state index >= 15 is 0 Å². The van der Waals surface area contributed by atoms with Gasteiger partial charge < -0.3 is 39.5 Å². The predicted octanol–water partition coefficient (Wildman–Crippen LogP) is 6.12. The highest BCUT2D eigenvalue weighted by Crippen LogP contribution is 2.27. The molecule has 3 saturated heterocycles. The molecule has 4 amide bonds. The number of urea groups is 1. The van der Waals surface area contributed by atoms with Crippen molar-refractivity contribution in [1.82, 2.24) is 24.5 Å². The van der Waals surface area contributed by atoms with Crippen LogP contribution in [-0.4, -0.2) is 144 Å². The van der Waals surface area contributed by atoms with E-state index in [9.17, 15) is 24.3 Å². The zero-order valence-corrected chi connectivity index (χ0v) is 35.1. The summed E-state index contributed by atoms with van der Waals surface area (Å²) in [6, 6.07) is 12.0. The monoisotopic (exact) mass is 802 g/mol. The first kappa shape index (κ1) is 43.2. The Morgan fingerprint density at radius 2 is 1.52 bits per heavy atom. The Balaban J connectivity index is 0.976. The number of hydrogen-bond acceptors (Lipinski definition) is 9. The first-order chi connectivity index (χ1) is 28.1. The van der Waals surface area contributed by atoms with Gasteiger partial charge in [-0.2, -0.15) is 0 Å². The molecule has 4 heterocycles. The molecule has 2 aromatic rings. The number of phenols is 1. The normalized spacial score (nSPS) is 19.3. The van der Waals surface area contributed by atoms with Crippen LogP contribution in [0.1, 0.15) is 93.4 Å². The van der Waals surface area contributed by atoms with Crippen molar-refractivity contribution in [2.45, 2.75) is 116 Å². The number of aromatic hydroxyl groups is 1. The number of nitrogens with one attached hydrogen (secondary N) is 1. The first-order valence-electron chi connectivity index (χ1n) is 21.9. The molecule has 2 N–H and O–H groups in total. The van der Waals surface area contributed by atoms with Gasteiger partial charge in [-0.25, -0.2) is 9.59 Å². The molecule has 0 radical (unpaired) electrons. The Kier molecular flexibility index (Phi) is 15.7. The molecule has 4 aliphatic heterocycles. The topological polar surface area (TPSA) is 135 Å². The van der Waals surface area contributed by atoms with Gasteiger partial charge in [0, 0.05) is 76.4 Å². The molecule has 58 heavy (non-hydrogen) atoms. The van der Waals surface area contributed by atoms with E-state index < -0.39 is 12.2 Å². The molecule has 6 rings (SSSR count). The lowest BCUT2D eigenvalue weighted by Crippen LogP contribution is -2.56. The number of nitrogens with zero attached hydrogens (tertiary/aromatic N) is 5. The van der Waals surface area contributed by atoms with Crippen LogP contribution in [0.25, 0.3) is 0 Å². The summed E-state index contributed by atoms with van der Waals surface area (Å²) in [4.78, 5) is 63.6. The third-order valence-corrected chi connectivity index (χ3v) is 12.6. The minimum absolute atomic E-state index is 0.00256. The maximum atomic E-state index is 14.2. The number of rotatable bonds is 15. The van der Waals surface area contributed by atoms with Crippen molar-refractivity contribution >= 4 is 29.7 Å². The van der Waals surface area contributed by atoms with Crippen LogP contribution in [-0.2, 0) is 31.9 Å². The van der Waals surface area contributed by atoms with Gasteiger partial charge in [-0.3, -0.25) is 14.5 Å². The molecule has 318 valence electrons. The van der Waals surface area contributed by atoms with Crippen molar-refractivity contribution < 1.29 is 33.8 Å². The first-order valence-corrected chi connectivity index (χ1v) is 21.9. The molecule has 0 saturated carbocycles. The summed E-state index contributed by atoms with van der Waals surface area (Å²) < 4.78 is 11.5. The third-order valence-electron chi connectivity index (χ3n) is 12.6. The SMILES string of the molecule is CCCCCCOC(=O)CCCN1CCC(N2CCN(C(=O)[C@@H](Cc3cc(C)c(O)c(C)c3)OC(=O)N3CCC(N4CCc5ccccc5NC4=O)CC3)CC2)CC1. The molecule has 4 aliphatic rings. The van der Waals surface area contributed by atoms with Gasteiger partial charge in [-0.05, 0) is 107 Å². The second kappa shape index (κ2) is 21.1. The number of carbonyl (C=O) groups is 4. The molecule has 0 spiro atoms. The average Bonchev–Trinajstić information content (AvgIpc) is 3.40. The van der Waals surface area contributed by atoms with Gasteiger partial charge in [0.2, 0.25) is 0 Å². The fraction of sp³-hybridized carbons (Fsp3) is 0.644. The summed E-state index contributed by atoms with van der Waals surface area (Å²) in [6.07, 6.45) is 8.54. The van der Waals surface area contributed by atoms with E-state index in [1.807, 2.05) is 60.0 Å². The van der Waals surface area contributed by atoms with Crippen molar-refractivity contribution in [3.63, 3.8) is 0 Å². The number of esters is 1. The molecular formula is C45H66N6O7. The number of unbranched alkanes of at least 4 members (excludes halogenated alkanes) is 3. The van der Waals surface area contributed by atoms with Gasteiger partial charge in [0.25, 0.3) is 5.91 Å². The predicted molar refractivity (Wildman–Crippen MR) is 224 cm³/mol. The summed E-state index contributed by atoms with van der Waals surface area (Å²) in [5.74, 6) is -0.0545. The zero-order chi connectivity index (χ0) is 41.0. The number of phenolic OH excluding ortho intramolecular Hbond substituents is 1. The molecule has 1 atom stereocenters. The van der Waals surface area contributed by atoms with E-state index in [2.05, 4.69) is 22.0 Å². The minimum Gasteiger partial charge on any atom is -0.507 e. The number of ether oxygens (including phenoxy) is 2. The number of piperazine rings is 1. The maximum Gasteiger partial charge on any atom is 0.410 e. The van der Waals surface area contributed by atoms with Crippen molar-refractivity contribution in [3.05, 3.63) is 58.7 Å². The van der Waals surface area contributed by atoms with Crippen molar-refractivity contribution in [1.29, 1.82) is 0 Å². The highest BCUT2D eigenvalue weighted by Gasteiger charge is 2.36. The standard InChI is InChI=1S/C45H66N6O7/c1-4-5-6-9-29-57-41(52)13-10-19-47-20-15-37(16-21-47)48-25-27-49(28-26-48)43(54)40(32-35-30-33(2)42(53)34(3)31-35)58-45(56)50-22-17-38(18-23-50)51-24-14-36-11-7-8-12-39(36)46-44(51)55/h7-8,11-12,30-31,37-38,40,53H,4-6,9-10,13-29,32H2,1-3H3,(H,46,55)/t40-/m1/s1. The number of para-hydroxylation sites is 1. The number of anilines is 1.